The van der Waals surface area contributed by atoms with Crippen molar-refractivity contribution in [1.29, 1.82) is 0 Å². The number of aliphatic hydroxyl groups excluding tert-OH is 3. The number of aliphatic hydroxyl groups is 3. The Balaban J connectivity index is 2.16. The first-order chi connectivity index (χ1) is 9.91. The maximum Gasteiger partial charge on any atom is 0.408 e. The highest BCUT2D eigenvalue weighted by atomic mass is 16.8. The highest BCUT2D eigenvalue weighted by Gasteiger charge is 2.58. The fourth-order valence-electron chi connectivity index (χ4n) is 2.77. The third-order valence-corrected chi connectivity index (χ3v) is 3.61. The first-order valence-corrected chi connectivity index (χ1v) is 7.31. The molecule has 8 heteroatoms. The third-order valence-electron chi connectivity index (χ3n) is 3.61. The molecule has 1 heterocycles. The lowest BCUT2D eigenvalue weighted by molar-refractivity contribution is -0.167. The molecule has 8 nitrogen and oxygen atoms in total. The smallest absolute Gasteiger partial charge is 0.408 e. The second-order valence-corrected chi connectivity index (χ2v) is 7.21. The standard InChI is InChI=1S/C14H25NO7/c1-13(2,3)22-12(19)15-6-7(16)8(17)9(18)11-10(6)20-14(4,5)21-11/h6-11,16-18H,1-5H3,(H,15,19)/t6-,7-,8-,9-,10-,11+/m1/s1. The summed E-state index contributed by atoms with van der Waals surface area (Å²) in [7, 11) is 0. The number of carbonyl (C=O) groups is 1. The van der Waals surface area contributed by atoms with Gasteiger partial charge in [0.25, 0.3) is 0 Å². The topological polar surface area (TPSA) is 117 Å². The van der Waals surface area contributed by atoms with Crippen molar-refractivity contribution in [3.05, 3.63) is 0 Å². The summed E-state index contributed by atoms with van der Waals surface area (Å²) in [5.41, 5.74) is -0.701. The maximum absolute atomic E-state index is 11.9. The van der Waals surface area contributed by atoms with Crippen LogP contribution in [0.5, 0.6) is 0 Å². The molecule has 2 aliphatic rings. The molecule has 1 saturated heterocycles. The van der Waals surface area contributed by atoms with Crippen molar-refractivity contribution in [2.24, 2.45) is 0 Å². The van der Waals surface area contributed by atoms with E-state index in [4.69, 9.17) is 14.2 Å². The average molecular weight is 319 g/mol. The number of amides is 1. The summed E-state index contributed by atoms with van der Waals surface area (Å²) in [5, 5.41) is 32.6. The molecule has 0 spiro atoms. The van der Waals surface area contributed by atoms with E-state index in [0.29, 0.717) is 0 Å². The quantitative estimate of drug-likeness (QED) is 0.514. The van der Waals surface area contributed by atoms with Crippen LogP contribution in [0.3, 0.4) is 0 Å². The third kappa shape index (κ3) is 3.52. The van der Waals surface area contributed by atoms with Crippen molar-refractivity contribution >= 4 is 6.09 Å². The van der Waals surface area contributed by atoms with Crippen molar-refractivity contribution in [2.75, 3.05) is 0 Å². The molecule has 0 radical (unpaired) electrons. The van der Waals surface area contributed by atoms with Crippen LogP contribution in [0.4, 0.5) is 4.79 Å². The van der Waals surface area contributed by atoms with Crippen LogP contribution in [0.25, 0.3) is 0 Å². The van der Waals surface area contributed by atoms with E-state index in [0.717, 1.165) is 0 Å². The molecule has 128 valence electrons. The summed E-state index contributed by atoms with van der Waals surface area (Å²) in [6.45, 7) is 8.44. The molecular formula is C14H25NO7. The van der Waals surface area contributed by atoms with Crippen LogP contribution in [0.1, 0.15) is 34.6 Å². The number of carbonyl (C=O) groups excluding carboxylic acids is 1. The summed E-state index contributed by atoms with van der Waals surface area (Å²) in [6.07, 6.45) is -6.56. The number of rotatable bonds is 1. The highest BCUT2D eigenvalue weighted by Crippen LogP contribution is 2.37. The largest absolute Gasteiger partial charge is 0.444 e. The molecule has 0 bridgehead atoms. The Bertz CT molecular complexity index is 433. The second-order valence-electron chi connectivity index (χ2n) is 7.21. The zero-order chi connectivity index (χ0) is 16.9. The fourth-order valence-corrected chi connectivity index (χ4v) is 2.77. The van der Waals surface area contributed by atoms with Gasteiger partial charge in [-0.05, 0) is 34.6 Å². The van der Waals surface area contributed by atoms with E-state index in [2.05, 4.69) is 5.32 Å². The monoisotopic (exact) mass is 319 g/mol. The van der Waals surface area contributed by atoms with Gasteiger partial charge >= 0.3 is 6.09 Å². The van der Waals surface area contributed by atoms with Gasteiger partial charge in [0.05, 0.1) is 6.04 Å². The van der Waals surface area contributed by atoms with Gasteiger partial charge in [-0.1, -0.05) is 0 Å². The van der Waals surface area contributed by atoms with Crippen molar-refractivity contribution in [3.63, 3.8) is 0 Å². The van der Waals surface area contributed by atoms with Gasteiger partial charge in [0, 0.05) is 0 Å². The number of ether oxygens (including phenoxy) is 3. The predicted molar refractivity (Wildman–Crippen MR) is 75.0 cm³/mol. The first kappa shape index (κ1) is 17.4. The van der Waals surface area contributed by atoms with E-state index in [-0.39, 0.29) is 0 Å². The van der Waals surface area contributed by atoms with Gasteiger partial charge in [0.15, 0.2) is 5.79 Å². The van der Waals surface area contributed by atoms with Gasteiger partial charge in [0.2, 0.25) is 0 Å². The molecule has 0 aromatic rings. The van der Waals surface area contributed by atoms with Crippen molar-refractivity contribution < 1.29 is 34.3 Å². The molecule has 1 aliphatic carbocycles. The summed E-state index contributed by atoms with van der Waals surface area (Å²) in [5.74, 6) is -0.992. The lowest BCUT2D eigenvalue weighted by Crippen LogP contribution is -2.67. The second kappa shape index (κ2) is 5.61. The zero-order valence-electron chi connectivity index (χ0n) is 13.4. The molecule has 1 amide bonds. The molecule has 0 aromatic heterocycles. The van der Waals surface area contributed by atoms with Gasteiger partial charge in [-0.15, -0.1) is 0 Å². The van der Waals surface area contributed by atoms with E-state index in [1.807, 2.05) is 0 Å². The lowest BCUT2D eigenvalue weighted by Gasteiger charge is -2.41. The van der Waals surface area contributed by atoms with Crippen LogP contribution >= 0.6 is 0 Å². The van der Waals surface area contributed by atoms with Gasteiger partial charge in [-0.25, -0.2) is 4.79 Å². The highest BCUT2D eigenvalue weighted by molar-refractivity contribution is 5.68. The number of hydrogen-bond acceptors (Lipinski definition) is 7. The number of hydrogen-bond donors (Lipinski definition) is 4. The van der Waals surface area contributed by atoms with E-state index < -0.39 is 54.0 Å². The summed E-state index contributed by atoms with van der Waals surface area (Å²) in [4.78, 5) is 11.9. The molecule has 1 saturated carbocycles. The molecule has 0 aromatic carbocycles. The Morgan fingerprint density at radius 3 is 2.14 bits per heavy atom. The predicted octanol–water partition coefficient (Wildman–Crippen LogP) is -0.504. The van der Waals surface area contributed by atoms with Gasteiger partial charge in [0.1, 0.15) is 36.1 Å². The molecule has 1 aliphatic heterocycles. The van der Waals surface area contributed by atoms with E-state index in [1.165, 1.54) is 0 Å². The lowest BCUT2D eigenvalue weighted by atomic mass is 9.83. The van der Waals surface area contributed by atoms with Gasteiger partial charge in [-0.3, -0.25) is 0 Å². The van der Waals surface area contributed by atoms with E-state index >= 15 is 0 Å². The minimum absolute atomic E-state index is 0.701. The van der Waals surface area contributed by atoms with Crippen molar-refractivity contribution in [1.82, 2.24) is 5.32 Å². The summed E-state index contributed by atoms with van der Waals surface area (Å²) >= 11 is 0. The molecule has 6 atom stereocenters. The molecule has 2 rings (SSSR count). The number of fused-ring (bicyclic) bond motifs is 1. The van der Waals surface area contributed by atoms with Crippen LogP contribution < -0.4 is 5.32 Å². The molecule has 22 heavy (non-hydrogen) atoms. The number of alkyl carbamates (subject to hydrolysis) is 1. The minimum atomic E-state index is -1.46. The SMILES string of the molecule is CC(C)(C)OC(=O)N[C@@H]1[C@@H](O)[C@@H](O)[C@@H](O)[C@@H]2OC(C)(C)O[C@H]12. The normalized spacial score (nSPS) is 40.9. The van der Waals surface area contributed by atoms with Crippen LogP contribution in [-0.4, -0.2) is 69.4 Å². The Morgan fingerprint density at radius 2 is 1.59 bits per heavy atom. The maximum atomic E-state index is 11.9. The van der Waals surface area contributed by atoms with Crippen molar-refractivity contribution in [3.8, 4) is 0 Å². The van der Waals surface area contributed by atoms with Crippen LogP contribution in [0.2, 0.25) is 0 Å². The van der Waals surface area contributed by atoms with Crippen LogP contribution in [0, 0.1) is 0 Å². The fraction of sp³-hybridized carbons (Fsp3) is 0.929. The zero-order valence-corrected chi connectivity index (χ0v) is 13.4. The Morgan fingerprint density at radius 1 is 1.05 bits per heavy atom. The van der Waals surface area contributed by atoms with Gasteiger partial charge in [-0.2, -0.15) is 0 Å². The van der Waals surface area contributed by atoms with E-state index in [1.54, 1.807) is 34.6 Å². The van der Waals surface area contributed by atoms with Gasteiger partial charge < -0.3 is 34.8 Å². The Labute approximate surface area is 129 Å². The summed E-state index contributed by atoms with van der Waals surface area (Å²) in [6, 6.07) is -0.958. The molecule has 4 N–H and O–H groups in total. The first-order valence-electron chi connectivity index (χ1n) is 7.31. The van der Waals surface area contributed by atoms with E-state index in [9.17, 15) is 20.1 Å². The molecule has 2 fully saturated rings. The van der Waals surface area contributed by atoms with Crippen LogP contribution in [0.15, 0.2) is 0 Å². The number of nitrogens with one attached hydrogen (secondary N) is 1. The van der Waals surface area contributed by atoms with Crippen LogP contribution in [-0.2, 0) is 14.2 Å². The molecular weight excluding hydrogens is 294 g/mol. The summed E-state index contributed by atoms with van der Waals surface area (Å²) < 4.78 is 16.4. The van der Waals surface area contributed by atoms with Crippen molar-refractivity contribution in [2.45, 2.75) is 82.6 Å². The Hall–Kier alpha value is -0.930. The minimum Gasteiger partial charge on any atom is -0.444 e. The molecule has 0 unspecified atom stereocenters. The average Bonchev–Trinajstić information content (AvgIpc) is 2.66. The Kier molecular flexibility index (Phi) is 4.44.